The van der Waals surface area contributed by atoms with Gasteiger partial charge in [-0.3, -0.25) is 4.79 Å². The Bertz CT molecular complexity index is 1220. The minimum Gasteiger partial charge on any atom is -0.382 e. The van der Waals surface area contributed by atoms with E-state index in [2.05, 4.69) is 41.9 Å². The van der Waals surface area contributed by atoms with Gasteiger partial charge in [0.25, 0.3) is 5.56 Å². The third kappa shape index (κ3) is 5.51. The predicted molar refractivity (Wildman–Crippen MR) is 144 cm³/mol. The Kier molecular flexibility index (Phi) is 8.38. The molecule has 1 saturated heterocycles. The first-order valence-electron chi connectivity index (χ1n) is 12.6. The topological polar surface area (TPSA) is 59.5 Å². The molecule has 1 aliphatic rings. The zero-order valence-corrected chi connectivity index (χ0v) is 22.4. The van der Waals surface area contributed by atoms with Crippen molar-refractivity contribution in [3.05, 3.63) is 56.5 Å². The SMILES string of the molecule is COCCOCCN1CCC(c2ccc3[nH]c(-c4cn(C)c(=O)c(Cl)c4C)c(C(C)C)c3c2)CC1. The molecule has 0 radical (unpaired) electrons. The summed E-state index contributed by atoms with van der Waals surface area (Å²) in [4.78, 5) is 18.5. The largest absolute Gasteiger partial charge is 0.382 e. The van der Waals surface area contributed by atoms with Crippen molar-refractivity contribution in [2.45, 2.75) is 45.4 Å². The normalized spacial score (nSPS) is 15.5. The third-order valence-electron chi connectivity index (χ3n) is 7.32. The first-order valence-corrected chi connectivity index (χ1v) is 13.0. The number of aromatic amines is 1. The number of aromatic nitrogens is 2. The second-order valence-corrected chi connectivity index (χ2v) is 10.4. The van der Waals surface area contributed by atoms with Gasteiger partial charge in [-0.05, 0) is 73.5 Å². The summed E-state index contributed by atoms with van der Waals surface area (Å²) in [7, 11) is 3.46. The van der Waals surface area contributed by atoms with Gasteiger partial charge in [-0.1, -0.05) is 31.5 Å². The lowest BCUT2D eigenvalue weighted by Gasteiger charge is -2.32. The fourth-order valence-corrected chi connectivity index (χ4v) is 5.49. The number of H-pyrrole nitrogens is 1. The molecule has 1 fully saturated rings. The van der Waals surface area contributed by atoms with Crippen LogP contribution in [0.4, 0.5) is 0 Å². The van der Waals surface area contributed by atoms with E-state index >= 15 is 0 Å². The molecule has 6 nitrogen and oxygen atoms in total. The quantitative estimate of drug-likeness (QED) is 0.397. The average Bonchev–Trinajstić information content (AvgIpc) is 3.24. The molecule has 3 aromatic rings. The second-order valence-electron chi connectivity index (χ2n) is 9.99. The lowest BCUT2D eigenvalue weighted by atomic mass is 9.87. The van der Waals surface area contributed by atoms with E-state index in [0.29, 0.717) is 25.0 Å². The average molecular weight is 500 g/mol. The van der Waals surface area contributed by atoms with Crippen LogP contribution in [0.2, 0.25) is 5.02 Å². The van der Waals surface area contributed by atoms with Gasteiger partial charge in [0.1, 0.15) is 5.02 Å². The molecule has 3 heterocycles. The number of aryl methyl sites for hydroxylation is 1. The molecule has 35 heavy (non-hydrogen) atoms. The zero-order chi connectivity index (χ0) is 25.1. The molecule has 0 aliphatic carbocycles. The van der Waals surface area contributed by atoms with E-state index in [1.165, 1.54) is 16.5 Å². The van der Waals surface area contributed by atoms with Gasteiger partial charge >= 0.3 is 0 Å². The number of ether oxygens (including phenoxy) is 2. The minimum atomic E-state index is -0.162. The zero-order valence-electron chi connectivity index (χ0n) is 21.6. The Hall–Kier alpha value is -2.12. The molecule has 2 aromatic heterocycles. The Morgan fingerprint density at radius 1 is 1.17 bits per heavy atom. The van der Waals surface area contributed by atoms with Crippen molar-refractivity contribution in [3.8, 4) is 11.3 Å². The highest BCUT2D eigenvalue weighted by Gasteiger charge is 2.24. The maximum atomic E-state index is 12.3. The van der Waals surface area contributed by atoms with Gasteiger partial charge in [-0.25, -0.2) is 0 Å². The van der Waals surface area contributed by atoms with Crippen LogP contribution in [0.15, 0.2) is 29.2 Å². The van der Waals surface area contributed by atoms with Crippen LogP contribution in [0, 0.1) is 6.92 Å². The summed E-state index contributed by atoms with van der Waals surface area (Å²) in [6.07, 6.45) is 4.22. The first kappa shape index (κ1) is 26.0. The van der Waals surface area contributed by atoms with Crippen LogP contribution in [0.5, 0.6) is 0 Å². The summed E-state index contributed by atoms with van der Waals surface area (Å²) in [5.74, 6) is 0.890. The van der Waals surface area contributed by atoms with E-state index < -0.39 is 0 Å². The lowest BCUT2D eigenvalue weighted by molar-refractivity contribution is 0.0532. The van der Waals surface area contributed by atoms with Crippen LogP contribution in [0.25, 0.3) is 22.2 Å². The van der Waals surface area contributed by atoms with Crippen molar-refractivity contribution in [2.75, 3.05) is 46.6 Å². The maximum Gasteiger partial charge on any atom is 0.269 e. The number of nitrogens with zero attached hydrogens (tertiary/aromatic N) is 2. The molecule has 0 bridgehead atoms. The number of halogens is 1. The highest BCUT2D eigenvalue weighted by Crippen LogP contribution is 2.39. The molecule has 4 rings (SSSR count). The van der Waals surface area contributed by atoms with E-state index in [0.717, 1.165) is 61.4 Å². The van der Waals surface area contributed by atoms with Crippen molar-refractivity contribution in [3.63, 3.8) is 0 Å². The van der Waals surface area contributed by atoms with Gasteiger partial charge < -0.3 is 23.9 Å². The Morgan fingerprint density at radius 3 is 2.60 bits per heavy atom. The molecular formula is C28H38ClN3O3. The van der Waals surface area contributed by atoms with Gasteiger partial charge in [0.15, 0.2) is 0 Å². The predicted octanol–water partition coefficient (Wildman–Crippen LogP) is 5.46. The van der Waals surface area contributed by atoms with Gasteiger partial charge in [-0.2, -0.15) is 0 Å². The van der Waals surface area contributed by atoms with Crippen LogP contribution >= 0.6 is 11.6 Å². The maximum absolute atomic E-state index is 12.3. The molecule has 0 amide bonds. The molecule has 190 valence electrons. The first-order chi connectivity index (χ1) is 16.8. The van der Waals surface area contributed by atoms with E-state index in [1.807, 2.05) is 13.1 Å². The smallest absolute Gasteiger partial charge is 0.269 e. The summed E-state index contributed by atoms with van der Waals surface area (Å²) in [6.45, 7) is 11.6. The summed E-state index contributed by atoms with van der Waals surface area (Å²) < 4.78 is 12.3. The van der Waals surface area contributed by atoms with Crippen molar-refractivity contribution < 1.29 is 9.47 Å². The van der Waals surface area contributed by atoms with E-state index in [-0.39, 0.29) is 10.6 Å². The fraction of sp³-hybridized carbons (Fsp3) is 0.536. The second kappa shape index (κ2) is 11.3. The Morgan fingerprint density at radius 2 is 1.91 bits per heavy atom. The van der Waals surface area contributed by atoms with E-state index in [4.69, 9.17) is 21.1 Å². The third-order valence-corrected chi connectivity index (χ3v) is 7.76. The van der Waals surface area contributed by atoms with Crippen LogP contribution in [0.1, 0.15) is 55.2 Å². The molecule has 0 saturated carbocycles. The number of pyridine rings is 1. The molecule has 0 unspecified atom stereocenters. The van der Waals surface area contributed by atoms with Gasteiger partial charge in [0.05, 0.1) is 25.5 Å². The van der Waals surface area contributed by atoms with Crippen molar-refractivity contribution in [1.82, 2.24) is 14.5 Å². The van der Waals surface area contributed by atoms with Gasteiger partial charge in [0, 0.05) is 43.4 Å². The number of hydrogen-bond acceptors (Lipinski definition) is 4. The van der Waals surface area contributed by atoms with E-state index in [1.54, 1.807) is 18.7 Å². The minimum absolute atomic E-state index is 0.162. The highest BCUT2D eigenvalue weighted by atomic mass is 35.5. The molecule has 1 N–H and O–H groups in total. The van der Waals surface area contributed by atoms with Crippen molar-refractivity contribution >= 4 is 22.5 Å². The molecule has 7 heteroatoms. The number of rotatable bonds is 9. The van der Waals surface area contributed by atoms with Crippen LogP contribution in [0.3, 0.4) is 0 Å². The number of fused-ring (bicyclic) bond motifs is 1. The van der Waals surface area contributed by atoms with E-state index in [9.17, 15) is 4.79 Å². The van der Waals surface area contributed by atoms with Crippen LogP contribution < -0.4 is 5.56 Å². The number of benzene rings is 1. The lowest BCUT2D eigenvalue weighted by Crippen LogP contribution is -2.35. The highest BCUT2D eigenvalue weighted by molar-refractivity contribution is 6.31. The standard InChI is InChI=1S/C28H38ClN3O3/c1-18(2)25-22-16-21(20-8-10-32(11-9-20)12-13-35-15-14-34-5)6-7-24(22)30-27(25)23-17-31(4)28(33)26(29)19(23)3/h6-7,16-18,20,30H,8-15H2,1-5H3. The van der Waals surface area contributed by atoms with Crippen molar-refractivity contribution in [1.29, 1.82) is 0 Å². The Balaban J connectivity index is 1.57. The summed E-state index contributed by atoms with van der Waals surface area (Å²) in [5, 5.41) is 1.56. The molecule has 1 aromatic carbocycles. The molecular weight excluding hydrogens is 462 g/mol. The number of hydrogen-bond donors (Lipinski definition) is 1. The number of methoxy groups -OCH3 is 1. The summed E-state index contributed by atoms with van der Waals surface area (Å²) >= 11 is 6.40. The van der Waals surface area contributed by atoms with Gasteiger partial charge in [-0.15, -0.1) is 0 Å². The van der Waals surface area contributed by atoms with Crippen LogP contribution in [-0.2, 0) is 16.5 Å². The number of nitrogens with one attached hydrogen (secondary N) is 1. The molecule has 0 atom stereocenters. The molecule has 0 spiro atoms. The monoisotopic (exact) mass is 499 g/mol. The molecule has 1 aliphatic heterocycles. The van der Waals surface area contributed by atoms with Crippen LogP contribution in [-0.4, -0.2) is 61.0 Å². The van der Waals surface area contributed by atoms with Gasteiger partial charge in [0.2, 0.25) is 0 Å². The number of likely N-dealkylation sites (tertiary alicyclic amines) is 1. The Labute approximate surface area is 213 Å². The summed E-state index contributed by atoms with van der Waals surface area (Å²) in [5.41, 5.74) is 6.53. The van der Waals surface area contributed by atoms with Crippen molar-refractivity contribution in [2.24, 2.45) is 7.05 Å². The number of piperidine rings is 1. The summed E-state index contributed by atoms with van der Waals surface area (Å²) in [6, 6.07) is 6.88. The fourth-order valence-electron chi connectivity index (χ4n) is 5.26.